The summed E-state index contributed by atoms with van der Waals surface area (Å²) in [5.74, 6) is 0. The maximum absolute atomic E-state index is 2.45. The average molecular weight is 414 g/mol. The van der Waals surface area contributed by atoms with Gasteiger partial charge in [-0.05, 0) is 22.3 Å². The van der Waals surface area contributed by atoms with Crippen LogP contribution in [0.4, 0.5) is 0 Å². The van der Waals surface area contributed by atoms with Crippen molar-refractivity contribution in [1.82, 2.24) is 0 Å². The summed E-state index contributed by atoms with van der Waals surface area (Å²) in [5, 5.41) is 0. The van der Waals surface area contributed by atoms with Gasteiger partial charge in [-0.3, -0.25) is 0 Å². The van der Waals surface area contributed by atoms with Crippen LogP contribution in [-0.4, -0.2) is 8.80 Å². The molecule has 0 fully saturated rings. The zero-order valence-electron chi connectivity index (χ0n) is 11.8. The fraction of sp³-hybridized carbons (Fsp3) is 0.200. The van der Waals surface area contributed by atoms with E-state index in [-0.39, 0.29) is 71.3 Å². The number of hydrogen-bond acceptors (Lipinski definition) is 0. The van der Waals surface area contributed by atoms with Crippen molar-refractivity contribution >= 4 is 8.80 Å². The third kappa shape index (κ3) is 4.75. The van der Waals surface area contributed by atoms with Gasteiger partial charge in [-0.1, -0.05) is 61.6 Å². The van der Waals surface area contributed by atoms with Crippen LogP contribution < -0.4 is 49.6 Å². The monoisotopic (exact) mass is 412 g/mol. The average Bonchev–Trinajstić information content (AvgIpc) is 2.63. The molecule has 0 bridgehead atoms. The second-order valence-electron chi connectivity index (χ2n) is 4.90. The number of halogens is 4. The Labute approximate surface area is 168 Å². The van der Waals surface area contributed by atoms with Gasteiger partial charge in [0.15, 0.2) is 0 Å². The topological polar surface area (TPSA) is 0 Å². The van der Waals surface area contributed by atoms with E-state index in [4.69, 9.17) is 0 Å². The van der Waals surface area contributed by atoms with Crippen LogP contribution in [0.2, 0.25) is 13.1 Å². The zero-order valence-corrected chi connectivity index (χ0v) is 17.5. The summed E-state index contributed by atoms with van der Waals surface area (Å²) in [7, 11) is -0.697. The zero-order chi connectivity index (χ0) is 11.1. The van der Waals surface area contributed by atoms with Gasteiger partial charge in [-0.15, -0.1) is 0 Å². The van der Waals surface area contributed by atoms with Crippen LogP contribution in [0, 0.1) is 0 Å². The molecule has 2 aromatic carbocycles. The number of fused-ring (bicyclic) bond motifs is 3. The predicted octanol–water partition coefficient (Wildman–Crippen LogP) is -8.16. The van der Waals surface area contributed by atoms with Gasteiger partial charge in [0, 0.05) is 14.3 Å². The van der Waals surface area contributed by atoms with Crippen LogP contribution in [-0.2, 0) is 21.7 Å². The van der Waals surface area contributed by atoms with Crippen molar-refractivity contribution in [2.45, 2.75) is 18.6 Å². The third-order valence-electron chi connectivity index (χ3n) is 3.55. The minimum absolute atomic E-state index is 0. The smallest absolute Gasteiger partial charge is 1.00 e. The first kappa shape index (κ1) is 26.4. The van der Waals surface area contributed by atoms with Gasteiger partial charge >= 0.3 is 21.7 Å². The Morgan fingerprint density at radius 1 is 0.667 bits per heavy atom. The fourth-order valence-electron chi connectivity index (χ4n) is 2.91. The molecule has 0 spiro atoms. The summed E-state index contributed by atoms with van der Waals surface area (Å²) >= 11 is 0. The summed E-state index contributed by atoms with van der Waals surface area (Å²) in [5.41, 5.74) is 6.76. The molecule has 0 saturated heterocycles. The molecule has 0 atom stereocenters. The second kappa shape index (κ2) is 11.1. The van der Waals surface area contributed by atoms with E-state index >= 15 is 0 Å². The molecule has 0 amide bonds. The standard InChI is InChI=1S/C15H16Si.4ClH.Ti/c1-16(2)15-13-9-5-3-7-11(13)12-8-4-6-10-14(12)15;;;;;/h3-10,15-16H,1-2H3;4*1H;/q;;;;;+4/p-4. The minimum atomic E-state index is -0.697. The first-order chi connectivity index (χ1) is 7.79. The van der Waals surface area contributed by atoms with Crippen LogP contribution >= 0.6 is 0 Å². The van der Waals surface area contributed by atoms with Gasteiger partial charge < -0.3 is 49.6 Å². The van der Waals surface area contributed by atoms with E-state index in [0.29, 0.717) is 5.54 Å². The van der Waals surface area contributed by atoms with Crippen molar-refractivity contribution in [2.24, 2.45) is 0 Å². The molecular weight excluding hydrogens is 398 g/mol. The molecule has 112 valence electrons. The molecule has 0 unspecified atom stereocenters. The quantitative estimate of drug-likeness (QED) is 0.407. The van der Waals surface area contributed by atoms with Gasteiger partial charge in [0.1, 0.15) is 0 Å². The van der Waals surface area contributed by atoms with Crippen molar-refractivity contribution in [3.63, 3.8) is 0 Å². The molecular formula is C15H16Cl4SiTi. The van der Waals surface area contributed by atoms with Crippen LogP contribution in [0.15, 0.2) is 48.5 Å². The molecule has 21 heavy (non-hydrogen) atoms. The molecule has 0 radical (unpaired) electrons. The first-order valence-electron chi connectivity index (χ1n) is 5.97. The fourth-order valence-corrected chi connectivity index (χ4v) is 4.93. The molecule has 0 heterocycles. The molecule has 0 aromatic heterocycles. The Morgan fingerprint density at radius 2 is 1.00 bits per heavy atom. The summed E-state index contributed by atoms with van der Waals surface area (Å²) in [6, 6.07) is 17.8. The molecule has 1 aliphatic carbocycles. The summed E-state index contributed by atoms with van der Waals surface area (Å²) in [6.45, 7) is 4.90. The van der Waals surface area contributed by atoms with Crippen LogP contribution in [0.25, 0.3) is 11.1 Å². The van der Waals surface area contributed by atoms with Crippen molar-refractivity contribution < 1.29 is 71.3 Å². The van der Waals surface area contributed by atoms with E-state index in [1.54, 1.807) is 11.1 Å². The van der Waals surface area contributed by atoms with Crippen molar-refractivity contribution in [1.29, 1.82) is 0 Å². The molecule has 0 saturated carbocycles. The van der Waals surface area contributed by atoms with Crippen LogP contribution in [0.3, 0.4) is 0 Å². The summed E-state index contributed by atoms with van der Waals surface area (Å²) < 4.78 is 0. The van der Waals surface area contributed by atoms with E-state index in [1.165, 1.54) is 11.1 Å². The molecule has 3 rings (SSSR count). The van der Waals surface area contributed by atoms with Crippen LogP contribution in [0.1, 0.15) is 16.7 Å². The second-order valence-corrected chi connectivity index (χ2v) is 8.05. The predicted molar refractivity (Wildman–Crippen MR) is 72.6 cm³/mol. The maximum Gasteiger partial charge on any atom is 4.00 e. The van der Waals surface area contributed by atoms with E-state index in [2.05, 4.69) is 61.6 Å². The van der Waals surface area contributed by atoms with E-state index in [0.717, 1.165) is 0 Å². The van der Waals surface area contributed by atoms with E-state index in [9.17, 15) is 0 Å². The van der Waals surface area contributed by atoms with Crippen molar-refractivity contribution in [3.05, 3.63) is 59.7 Å². The van der Waals surface area contributed by atoms with E-state index in [1.807, 2.05) is 0 Å². The van der Waals surface area contributed by atoms with Gasteiger partial charge in [0.2, 0.25) is 0 Å². The Hall–Kier alpha value is 0.531. The van der Waals surface area contributed by atoms with Gasteiger partial charge in [0.05, 0.1) is 0 Å². The number of benzene rings is 2. The SMILES string of the molecule is C[SiH](C)C1c2ccccc2-c2ccccc21.[Cl-].[Cl-].[Cl-].[Cl-].[Ti+4]. The van der Waals surface area contributed by atoms with Crippen molar-refractivity contribution in [2.75, 3.05) is 0 Å². The van der Waals surface area contributed by atoms with Crippen molar-refractivity contribution in [3.8, 4) is 11.1 Å². The van der Waals surface area contributed by atoms with Gasteiger partial charge in [-0.25, -0.2) is 0 Å². The maximum atomic E-state index is 2.45. The Bertz CT molecular complexity index is 503. The van der Waals surface area contributed by atoms with Gasteiger partial charge in [0.25, 0.3) is 0 Å². The normalized spacial score (nSPS) is 10.6. The summed E-state index contributed by atoms with van der Waals surface area (Å²) in [4.78, 5) is 0. The Kier molecular flexibility index (Phi) is 14.0. The van der Waals surface area contributed by atoms with E-state index < -0.39 is 8.80 Å². The molecule has 1 aliphatic rings. The molecule has 6 heteroatoms. The molecule has 2 aromatic rings. The minimum Gasteiger partial charge on any atom is -1.00 e. The first-order valence-corrected chi connectivity index (χ1v) is 8.95. The number of hydrogen-bond donors (Lipinski definition) is 0. The van der Waals surface area contributed by atoms with Crippen LogP contribution in [0.5, 0.6) is 0 Å². The Morgan fingerprint density at radius 3 is 1.33 bits per heavy atom. The molecule has 0 nitrogen and oxygen atoms in total. The molecule has 0 aliphatic heterocycles. The Balaban J connectivity index is -0.000000648. The largest absolute Gasteiger partial charge is 4.00 e. The summed E-state index contributed by atoms with van der Waals surface area (Å²) in [6.07, 6.45) is 0. The third-order valence-corrected chi connectivity index (χ3v) is 5.60. The number of rotatable bonds is 1. The van der Waals surface area contributed by atoms with Gasteiger partial charge in [-0.2, -0.15) is 0 Å². The molecule has 0 N–H and O–H groups in total.